The van der Waals surface area contributed by atoms with Crippen LogP contribution in [-0.2, 0) is 19.6 Å². The summed E-state index contributed by atoms with van der Waals surface area (Å²) in [5.41, 5.74) is 2.24. The molecular weight excluding hydrogens is 465 g/mol. The van der Waals surface area contributed by atoms with Gasteiger partial charge >= 0.3 is 0 Å². The van der Waals surface area contributed by atoms with Crippen LogP contribution < -0.4 is 14.5 Å². The first-order valence-corrected chi connectivity index (χ1v) is 12.6. The minimum atomic E-state index is -4.03. The molecule has 1 saturated heterocycles. The number of sulfonamides is 1. The lowest BCUT2D eigenvalue weighted by molar-refractivity contribution is -0.117. The fourth-order valence-electron chi connectivity index (χ4n) is 3.65. The third-order valence-electron chi connectivity index (χ3n) is 5.30. The molecule has 2 heterocycles. The number of anilines is 3. The van der Waals surface area contributed by atoms with Crippen LogP contribution in [0.4, 0.5) is 21.5 Å². The molecule has 0 atom stereocenters. The minimum Gasteiger partial charge on any atom is -0.324 e. The maximum absolute atomic E-state index is 13.4. The van der Waals surface area contributed by atoms with Crippen molar-refractivity contribution < 1.29 is 22.4 Å². The zero-order valence-corrected chi connectivity index (χ0v) is 19.5. The van der Waals surface area contributed by atoms with Gasteiger partial charge < -0.3 is 10.2 Å². The van der Waals surface area contributed by atoms with E-state index in [2.05, 4.69) is 5.32 Å². The van der Waals surface area contributed by atoms with E-state index < -0.39 is 28.3 Å². The molecule has 0 spiro atoms. The van der Waals surface area contributed by atoms with E-state index >= 15 is 0 Å². The number of hydrogen-bond donors (Lipinski definition) is 1. The van der Waals surface area contributed by atoms with Crippen molar-refractivity contribution in [3.63, 3.8) is 0 Å². The third-order valence-corrected chi connectivity index (χ3v) is 8.45. The van der Waals surface area contributed by atoms with Crippen LogP contribution in [0.5, 0.6) is 0 Å². The van der Waals surface area contributed by atoms with Gasteiger partial charge in [-0.25, -0.2) is 12.8 Å². The number of carbonyl (C=O) groups excluding carboxylic acids is 2. The van der Waals surface area contributed by atoms with Gasteiger partial charge in [-0.15, -0.1) is 11.3 Å². The largest absolute Gasteiger partial charge is 0.324 e. The first-order chi connectivity index (χ1) is 15.8. The van der Waals surface area contributed by atoms with Gasteiger partial charge in [0.2, 0.25) is 11.8 Å². The summed E-state index contributed by atoms with van der Waals surface area (Å²) < 4.78 is 40.8. The van der Waals surface area contributed by atoms with Crippen molar-refractivity contribution in [3.8, 4) is 0 Å². The summed E-state index contributed by atoms with van der Waals surface area (Å²) in [5.74, 6) is -1.05. The minimum absolute atomic E-state index is 0.0334. The quantitative estimate of drug-likeness (QED) is 0.542. The second-order valence-electron chi connectivity index (χ2n) is 7.62. The highest BCUT2D eigenvalue weighted by molar-refractivity contribution is 7.94. The van der Waals surface area contributed by atoms with Crippen molar-refractivity contribution in [2.75, 3.05) is 27.6 Å². The molecule has 7 nitrogen and oxygen atoms in total. The Morgan fingerprint density at radius 2 is 1.94 bits per heavy atom. The monoisotopic (exact) mass is 487 g/mol. The molecule has 10 heteroatoms. The van der Waals surface area contributed by atoms with E-state index in [4.69, 9.17) is 0 Å². The van der Waals surface area contributed by atoms with Gasteiger partial charge in [-0.1, -0.05) is 12.1 Å². The lowest BCUT2D eigenvalue weighted by atomic mass is 10.1. The van der Waals surface area contributed by atoms with Crippen LogP contribution in [-0.4, -0.2) is 33.3 Å². The molecule has 1 aromatic heterocycles. The lowest BCUT2D eigenvalue weighted by Gasteiger charge is -2.24. The van der Waals surface area contributed by atoms with Gasteiger partial charge in [0.15, 0.2) is 0 Å². The number of nitrogens with one attached hydrogen (secondary N) is 1. The van der Waals surface area contributed by atoms with Gasteiger partial charge in [0.25, 0.3) is 10.0 Å². The predicted molar refractivity (Wildman–Crippen MR) is 127 cm³/mol. The SMILES string of the molecule is Cc1ccc(NC(=O)CN(c2ccc(F)cc2)S(=O)(=O)c2cccs2)cc1N1CCCC1=O. The summed E-state index contributed by atoms with van der Waals surface area (Å²) in [4.78, 5) is 26.7. The van der Waals surface area contributed by atoms with E-state index in [1.807, 2.05) is 6.92 Å². The molecule has 1 aliphatic rings. The van der Waals surface area contributed by atoms with Crippen LogP contribution in [0.15, 0.2) is 64.2 Å². The lowest BCUT2D eigenvalue weighted by Crippen LogP contribution is -2.37. The topological polar surface area (TPSA) is 86.8 Å². The maximum atomic E-state index is 13.4. The molecule has 2 amide bonds. The second-order valence-corrected chi connectivity index (χ2v) is 10.7. The molecule has 172 valence electrons. The van der Waals surface area contributed by atoms with E-state index in [1.165, 1.54) is 18.2 Å². The number of halogens is 1. The van der Waals surface area contributed by atoms with Crippen LogP contribution in [0, 0.1) is 12.7 Å². The number of hydrogen-bond acceptors (Lipinski definition) is 5. The van der Waals surface area contributed by atoms with Crippen LogP contribution >= 0.6 is 11.3 Å². The van der Waals surface area contributed by atoms with E-state index in [9.17, 15) is 22.4 Å². The molecule has 1 aliphatic heterocycles. The number of benzene rings is 2. The average molecular weight is 488 g/mol. The van der Waals surface area contributed by atoms with Crippen LogP contribution in [0.3, 0.4) is 0 Å². The highest BCUT2D eigenvalue weighted by Crippen LogP contribution is 2.29. The van der Waals surface area contributed by atoms with E-state index in [0.29, 0.717) is 18.7 Å². The number of aryl methyl sites for hydroxylation is 1. The molecule has 33 heavy (non-hydrogen) atoms. The summed E-state index contributed by atoms with van der Waals surface area (Å²) in [5, 5.41) is 4.35. The first-order valence-electron chi connectivity index (χ1n) is 10.3. The normalized spacial score (nSPS) is 13.9. The fraction of sp³-hybridized carbons (Fsp3) is 0.217. The molecule has 0 bridgehead atoms. The average Bonchev–Trinajstić information content (AvgIpc) is 3.47. The molecule has 2 aromatic carbocycles. The first kappa shape index (κ1) is 22.9. The third kappa shape index (κ3) is 4.91. The number of carbonyl (C=O) groups is 2. The van der Waals surface area contributed by atoms with Crippen molar-refractivity contribution in [1.29, 1.82) is 0 Å². The standard InChI is InChI=1S/C23H22FN3O4S2/c1-16-6-9-18(14-20(16)26-12-2-4-22(26)29)25-21(28)15-27(19-10-7-17(24)8-11-19)33(30,31)23-5-3-13-32-23/h3,5-11,13-14H,2,4,12,15H2,1H3,(H,25,28). The summed E-state index contributed by atoms with van der Waals surface area (Å²) in [6.07, 6.45) is 1.27. The van der Waals surface area contributed by atoms with Crippen molar-refractivity contribution >= 4 is 50.2 Å². The smallest absolute Gasteiger partial charge is 0.274 e. The summed E-state index contributed by atoms with van der Waals surface area (Å²) in [6.45, 7) is 2.00. The van der Waals surface area contributed by atoms with Gasteiger partial charge in [0.1, 0.15) is 16.6 Å². The molecule has 1 fully saturated rings. The number of thiophene rings is 1. The molecule has 0 aliphatic carbocycles. The Balaban J connectivity index is 1.59. The molecule has 1 N–H and O–H groups in total. The zero-order chi connectivity index (χ0) is 23.6. The second kappa shape index (κ2) is 9.32. The Labute approximate surface area is 195 Å². The summed E-state index contributed by atoms with van der Waals surface area (Å²) in [7, 11) is -4.03. The van der Waals surface area contributed by atoms with Crippen LogP contribution in [0.25, 0.3) is 0 Å². The molecule has 0 radical (unpaired) electrons. The van der Waals surface area contributed by atoms with Crippen molar-refractivity contribution in [2.45, 2.75) is 24.0 Å². The number of nitrogens with zero attached hydrogens (tertiary/aromatic N) is 2. The van der Waals surface area contributed by atoms with Crippen LogP contribution in [0.2, 0.25) is 0 Å². The summed E-state index contributed by atoms with van der Waals surface area (Å²) in [6, 6.07) is 13.2. The highest BCUT2D eigenvalue weighted by atomic mass is 32.2. The van der Waals surface area contributed by atoms with Gasteiger partial charge in [-0.05, 0) is 66.8 Å². The van der Waals surface area contributed by atoms with Gasteiger partial charge in [0.05, 0.1) is 5.69 Å². The molecule has 4 rings (SSSR count). The fourth-order valence-corrected chi connectivity index (χ4v) is 6.18. The Morgan fingerprint density at radius 3 is 2.58 bits per heavy atom. The van der Waals surface area contributed by atoms with Crippen LogP contribution in [0.1, 0.15) is 18.4 Å². The highest BCUT2D eigenvalue weighted by Gasteiger charge is 2.28. The predicted octanol–water partition coefficient (Wildman–Crippen LogP) is 4.16. The number of amides is 2. The molecule has 3 aromatic rings. The van der Waals surface area contributed by atoms with Gasteiger partial charge in [0, 0.05) is 24.3 Å². The van der Waals surface area contributed by atoms with Gasteiger partial charge in [-0.2, -0.15) is 0 Å². The molecule has 0 saturated carbocycles. The van der Waals surface area contributed by atoms with Crippen molar-refractivity contribution in [1.82, 2.24) is 0 Å². The Kier molecular flexibility index (Phi) is 6.48. The maximum Gasteiger partial charge on any atom is 0.274 e. The molecule has 0 unspecified atom stereocenters. The van der Waals surface area contributed by atoms with E-state index in [1.54, 1.807) is 34.5 Å². The Morgan fingerprint density at radius 1 is 1.18 bits per heavy atom. The summed E-state index contributed by atoms with van der Waals surface area (Å²) >= 11 is 1.03. The van der Waals surface area contributed by atoms with Crippen molar-refractivity contribution in [3.05, 3.63) is 71.4 Å². The van der Waals surface area contributed by atoms with Crippen molar-refractivity contribution in [2.24, 2.45) is 0 Å². The van der Waals surface area contributed by atoms with E-state index in [-0.39, 0.29) is 15.8 Å². The van der Waals surface area contributed by atoms with E-state index in [0.717, 1.165) is 45.4 Å². The number of rotatable bonds is 7. The Hall–Kier alpha value is -3.24. The zero-order valence-electron chi connectivity index (χ0n) is 17.8. The molecular formula is C23H22FN3O4S2. The Bertz CT molecular complexity index is 1280. The van der Waals surface area contributed by atoms with Gasteiger partial charge in [-0.3, -0.25) is 13.9 Å².